The van der Waals surface area contributed by atoms with E-state index in [2.05, 4.69) is 48.1 Å². The fourth-order valence-corrected chi connectivity index (χ4v) is 1.96. The van der Waals surface area contributed by atoms with Crippen molar-refractivity contribution in [1.82, 2.24) is 9.88 Å². The zero-order valence-electron chi connectivity index (χ0n) is 10.8. The van der Waals surface area contributed by atoms with Gasteiger partial charge in [0.15, 0.2) is 0 Å². The Morgan fingerprint density at radius 2 is 2.22 bits per heavy atom. The lowest BCUT2D eigenvalue weighted by molar-refractivity contribution is 0.252. The van der Waals surface area contributed by atoms with Gasteiger partial charge in [-0.25, -0.2) is 0 Å². The van der Waals surface area contributed by atoms with Gasteiger partial charge in [-0.1, -0.05) is 12.1 Å². The van der Waals surface area contributed by atoms with Gasteiger partial charge in [0.25, 0.3) is 0 Å². The van der Waals surface area contributed by atoms with Crippen LogP contribution in [0, 0.1) is 11.3 Å². The largest absolute Gasteiger partial charge is 0.298 e. The van der Waals surface area contributed by atoms with Crippen LogP contribution in [-0.4, -0.2) is 23.0 Å². The van der Waals surface area contributed by atoms with Crippen LogP contribution in [0.4, 0.5) is 0 Å². The highest BCUT2D eigenvalue weighted by Gasteiger charge is 2.09. The van der Waals surface area contributed by atoms with Crippen LogP contribution < -0.4 is 0 Å². The highest BCUT2D eigenvalue weighted by Crippen LogP contribution is 2.15. The summed E-state index contributed by atoms with van der Waals surface area (Å²) in [7, 11) is 2.05. The lowest BCUT2D eigenvalue weighted by atomic mass is 10.1. The second kappa shape index (κ2) is 5.61. The highest BCUT2D eigenvalue weighted by molar-refractivity contribution is 5.78. The first kappa shape index (κ1) is 12.5. The maximum Gasteiger partial charge on any atom is 0.0702 e. The van der Waals surface area contributed by atoms with Crippen LogP contribution in [0.1, 0.15) is 18.9 Å². The molecule has 0 amide bonds. The van der Waals surface area contributed by atoms with Gasteiger partial charge in [-0.3, -0.25) is 9.88 Å². The number of nitrogens with zero attached hydrogens (tertiary/aromatic N) is 3. The van der Waals surface area contributed by atoms with Crippen molar-refractivity contribution in [2.24, 2.45) is 0 Å². The number of hydrogen-bond acceptors (Lipinski definition) is 3. The molecule has 0 spiro atoms. The predicted octanol–water partition coefficient (Wildman–Crippen LogP) is 2.97. The molecule has 0 aliphatic heterocycles. The Kier molecular flexibility index (Phi) is 3.91. The summed E-state index contributed by atoms with van der Waals surface area (Å²) < 4.78 is 0. The number of pyridine rings is 1. The lowest BCUT2D eigenvalue weighted by Crippen LogP contribution is -2.28. The molecular formula is C15H17N3. The minimum atomic E-state index is 0.277. The predicted molar refractivity (Wildman–Crippen MR) is 72.9 cm³/mol. The van der Waals surface area contributed by atoms with Gasteiger partial charge in [0, 0.05) is 24.2 Å². The van der Waals surface area contributed by atoms with Gasteiger partial charge in [0.05, 0.1) is 18.0 Å². The summed E-state index contributed by atoms with van der Waals surface area (Å²) in [4.78, 5) is 6.50. The minimum Gasteiger partial charge on any atom is -0.298 e. The number of aromatic nitrogens is 1. The van der Waals surface area contributed by atoms with Crippen molar-refractivity contribution in [1.29, 1.82) is 5.26 Å². The molecule has 0 aliphatic rings. The van der Waals surface area contributed by atoms with Crippen LogP contribution in [0.3, 0.4) is 0 Å². The van der Waals surface area contributed by atoms with Gasteiger partial charge >= 0.3 is 0 Å². The first-order valence-corrected chi connectivity index (χ1v) is 6.11. The molecule has 1 aromatic carbocycles. The molecule has 1 atom stereocenters. The Morgan fingerprint density at radius 1 is 1.39 bits per heavy atom. The third-order valence-corrected chi connectivity index (χ3v) is 3.24. The van der Waals surface area contributed by atoms with E-state index in [1.807, 2.05) is 18.3 Å². The smallest absolute Gasteiger partial charge is 0.0702 e. The summed E-state index contributed by atoms with van der Waals surface area (Å²) in [5.74, 6) is 0. The van der Waals surface area contributed by atoms with Gasteiger partial charge < -0.3 is 0 Å². The van der Waals surface area contributed by atoms with E-state index in [0.717, 1.165) is 17.4 Å². The summed E-state index contributed by atoms with van der Waals surface area (Å²) >= 11 is 0. The van der Waals surface area contributed by atoms with Crippen LogP contribution in [0.15, 0.2) is 36.5 Å². The van der Waals surface area contributed by atoms with Crippen LogP contribution in [-0.2, 0) is 6.54 Å². The number of rotatable bonds is 4. The third kappa shape index (κ3) is 2.85. The number of fused-ring (bicyclic) bond motifs is 1. The Hall–Kier alpha value is -1.92. The average molecular weight is 239 g/mol. The van der Waals surface area contributed by atoms with Crippen LogP contribution in [0.5, 0.6) is 0 Å². The van der Waals surface area contributed by atoms with Gasteiger partial charge in [-0.05, 0) is 37.7 Å². The summed E-state index contributed by atoms with van der Waals surface area (Å²) in [5.41, 5.74) is 2.27. The van der Waals surface area contributed by atoms with E-state index >= 15 is 0 Å². The van der Waals surface area contributed by atoms with Crippen molar-refractivity contribution in [2.75, 3.05) is 7.05 Å². The number of benzene rings is 1. The van der Waals surface area contributed by atoms with Gasteiger partial charge in [-0.15, -0.1) is 0 Å². The monoisotopic (exact) mass is 239 g/mol. The molecule has 1 unspecified atom stereocenters. The molecule has 0 bridgehead atoms. The van der Waals surface area contributed by atoms with E-state index < -0.39 is 0 Å². The zero-order valence-corrected chi connectivity index (χ0v) is 10.8. The van der Waals surface area contributed by atoms with Crippen molar-refractivity contribution in [2.45, 2.75) is 25.9 Å². The first-order chi connectivity index (χ1) is 8.70. The van der Waals surface area contributed by atoms with E-state index in [-0.39, 0.29) is 6.04 Å². The quantitative estimate of drug-likeness (QED) is 0.823. The average Bonchev–Trinajstić information content (AvgIpc) is 2.39. The van der Waals surface area contributed by atoms with E-state index in [1.54, 1.807) is 0 Å². The minimum absolute atomic E-state index is 0.277. The molecule has 0 radical (unpaired) electrons. The number of nitriles is 1. The second-order valence-electron chi connectivity index (χ2n) is 4.66. The first-order valence-electron chi connectivity index (χ1n) is 6.11. The van der Waals surface area contributed by atoms with Crippen molar-refractivity contribution in [3.8, 4) is 6.07 Å². The van der Waals surface area contributed by atoms with Crippen molar-refractivity contribution >= 4 is 10.9 Å². The Balaban J connectivity index is 2.15. The fraction of sp³-hybridized carbons (Fsp3) is 0.333. The highest BCUT2D eigenvalue weighted by atomic mass is 15.1. The molecule has 92 valence electrons. The van der Waals surface area contributed by atoms with Gasteiger partial charge in [-0.2, -0.15) is 5.26 Å². The molecule has 0 aliphatic carbocycles. The molecule has 2 aromatic rings. The molecule has 0 saturated carbocycles. The van der Waals surface area contributed by atoms with Crippen molar-refractivity contribution < 1.29 is 0 Å². The summed E-state index contributed by atoms with van der Waals surface area (Å²) in [5, 5.41) is 9.87. The molecule has 0 fully saturated rings. The van der Waals surface area contributed by atoms with E-state index in [1.165, 1.54) is 5.56 Å². The molecule has 18 heavy (non-hydrogen) atoms. The Morgan fingerprint density at radius 3 is 3.00 bits per heavy atom. The molecule has 3 nitrogen and oxygen atoms in total. The molecule has 0 saturated heterocycles. The summed E-state index contributed by atoms with van der Waals surface area (Å²) in [6.45, 7) is 2.93. The Labute approximate surface area is 108 Å². The SMILES string of the molecule is CC(CC#N)N(C)Cc1ccc2ncccc2c1. The Bertz CT molecular complexity index is 571. The third-order valence-electron chi connectivity index (χ3n) is 3.24. The normalized spacial score (nSPS) is 12.6. The number of hydrogen-bond donors (Lipinski definition) is 0. The second-order valence-corrected chi connectivity index (χ2v) is 4.66. The lowest BCUT2D eigenvalue weighted by Gasteiger charge is -2.22. The molecule has 1 heterocycles. The molecule has 2 rings (SSSR count). The van der Waals surface area contributed by atoms with E-state index in [9.17, 15) is 0 Å². The summed E-state index contributed by atoms with van der Waals surface area (Å²) in [6, 6.07) is 12.8. The standard InChI is InChI=1S/C15H17N3/c1-12(7-8-16)18(2)11-13-5-6-15-14(10-13)4-3-9-17-15/h3-6,9-10,12H,7,11H2,1-2H3. The maximum atomic E-state index is 8.71. The van der Waals surface area contributed by atoms with Crippen LogP contribution in [0.2, 0.25) is 0 Å². The summed E-state index contributed by atoms with van der Waals surface area (Å²) in [6.07, 6.45) is 2.37. The van der Waals surface area contributed by atoms with Crippen molar-refractivity contribution in [3.63, 3.8) is 0 Å². The van der Waals surface area contributed by atoms with E-state index in [4.69, 9.17) is 5.26 Å². The zero-order chi connectivity index (χ0) is 13.0. The molecular weight excluding hydrogens is 222 g/mol. The van der Waals surface area contributed by atoms with Crippen molar-refractivity contribution in [3.05, 3.63) is 42.1 Å². The maximum absolute atomic E-state index is 8.71. The van der Waals surface area contributed by atoms with Crippen LogP contribution in [0.25, 0.3) is 10.9 Å². The van der Waals surface area contributed by atoms with Gasteiger partial charge in [0.1, 0.15) is 0 Å². The van der Waals surface area contributed by atoms with E-state index in [0.29, 0.717) is 6.42 Å². The topological polar surface area (TPSA) is 39.9 Å². The van der Waals surface area contributed by atoms with Gasteiger partial charge in [0.2, 0.25) is 0 Å². The molecule has 1 aromatic heterocycles. The molecule has 3 heteroatoms. The fourth-order valence-electron chi connectivity index (χ4n) is 1.96. The van der Waals surface area contributed by atoms with Crippen LogP contribution >= 0.6 is 0 Å². The molecule has 0 N–H and O–H groups in total.